The van der Waals surface area contributed by atoms with E-state index in [1.165, 1.54) is 23.1 Å². The number of anilines is 2. The molecule has 1 heterocycles. The van der Waals surface area contributed by atoms with Crippen LogP contribution in [0.3, 0.4) is 0 Å². The van der Waals surface area contributed by atoms with Gasteiger partial charge in [-0.1, -0.05) is 18.2 Å². The molecule has 0 radical (unpaired) electrons. The van der Waals surface area contributed by atoms with Crippen molar-refractivity contribution < 1.29 is 18.7 Å². The second-order valence-corrected chi connectivity index (χ2v) is 6.21. The van der Waals surface area contributed by atoms with E-state index in [0.717, 1.165) is 6.42 Å². The van der Waals surface area contributed by atoms with Crippen LogP contribution in [-0.4, -0.2) is 36.0 Å². The zero-order chi connectivity index (χ0) is 19.2. The molecule has 1 atom stereocenters. The van der Waals surface area contributed by atoms with Crippen LogP contribution in [0.4, 0.5) is 20.6 Å². The van der Waals surface area contributed by atoms with Crippen molar-refractivity contribution in [3.8, 4) is 5.75 Å². The fourth-order valence-electron chi connectivity index (χ4n) is 3.11. The first-order chi connectivity index (χ1) is 13.1. The summed E-state index contributed by atoms with van der Waals surface area (Å²) < 4.78 is 18.8. The van der Waals surface area contributed by atoms with Gasteiger partial charge >= 0.3 is 6.03 Å². The maximum Gasteiger partial charge on any atom is 0.322 e. The van der Waals surface area contributed by atoms with Crippen molar-refractivity contribution >= 4 is 23.3 Å². The van der Waals surface area contributed by atoms with E-state index in [4.69, 9.17) is 4.74 Å². The van der Waals surface area contributed by atoms with E-state index in [-0.39, 0.29) is 5.91 Å². The van der Waals surface area contributed by atoms with Crippen LogP contribution < -0.4 is 15.4 Å². The Morgan fingerprint density at radius 2 is 2.00 bits per heavy atom. The Morgan fingerprint density at radius 1 is 1.19 bits per heavy atom. The van der Waals surface area contributed by atoms with Crippen LogP contribution in [0.2, 0.25) is 0 Å². The molecule has 6 nitrogen and oxygen atoms in total. The molecule has 0 aliphatic carbocycles. The highest BCUT2D eigenvalue weighted by Gasteiger charge is 2.34. The van der Waals surface area contributed by atoms with E-state index >= 15 is 0 Å². The summed E-state index contributed by atoms with van der Waals surface area (Å²) >= 11 is 0. The lowest BCUT2D eigenvalue weighted by atomic mass is 10.2. The third-order valence-corrected chi connectivity index (χ3v) is 4.34. The predicted octanol–water partition coefficient (Wildman–Crippen LogP) is 3.86. The minimum Gasteiger partial charge on any atom is -0.492 e. The normalized spacial score (nSPS) is 16.1. The van der Waals surface area contributed by atoms with E-state index in [1.54, 1.807) is 24.3 Å². The molecule has 27 heavy (non-hydrogen) atoms. The maximum atomic E-state index is 13.3. The van der Waals surface area contributed by atoms with Gasteiger partial charge in [0.2, 0.25) is 5.91 Å². The fourth-order valence-corrected chi connectivity index (χ4v) is 3.11. The predicted molar refractivity (Wildman–Crippen MR) is 101 cm³/mol. The molecule has 2 aromatic carbocycles. The second kappa shape index (κ2) is 8.53. The number of nitrogens with zero attached hydrogens (tertiary/aromatic N) is 1. The average Bonchev–Trinajstić information content (AvgIpc) is 3.14. The van der Waals surface area contributed by atoms with Crippen molar-refractivity contribution in [2.24, 2.45) is 0 Å². The van der Waals surface area contributed by atoms with Gasteiger partial charge in [-0.05, 0) is 50.1 Å². The van der Waals surface area contributed by atoms with Gasteiger partial charge in [-0.3, -0.25) is 4.79 Å². The van der Waals surface area contributed by atoms with Crippen molar-refractivity contribution in [1.29, 1.82) is 0 Å². The molecular weight excluding hydrogens is 349 g/mol. The quantitative estimate of drug-likeness (QED) is 0.838. The zero-order valence-corrected chi connectivity index (χ0v) is 15.1. The number of hydrogen-bond acceptors (Lipinski definition) is 3. The standard InChI is InChI=1S/C20H22FN3O3/c1-2-27-18-11-4-3-9-16(18)23-19(25)17-10-6-12-24(17)20(26)22-15-8-5-7-14(21)13-15/h3-5,7-9,11,13,17H,2,6,10,12H2,1H3,(H,22,26)(H,23,25). The smallest absolute Gasteiger partial charge is 0.322 e. The number of amides is 3. The van der Waals surface area contributed by atoms with Gasteiger partial charge in [-0.25, -0.2) is 9.18 Å². The minimum atomic E-state index is -0.590. The maximum absolute atomic E-state index is 13.3. The third-order valence-electron chi connectivity index (χ3n) is 4.34. The molecular formula is C20H22FN3O3. The Balaban J connectivity index is 1.68. The Bertz CT molecular complexity index is 828. The molecule has 1 saturated heterocycles. The van der Waals surface area contributed by atoms with Gasteiger partial charge in [0, 0.05) is 12.2 Å². The number of rotatable bonds is 5. The average molecular weight is 371 g/mol. The summed E-state index contributed by atoms with van der Waals surface area (Å²) in [7, 11) is 0. The topological polar surface area (TPSA) is 70.7 Å². The summed E-state index contributed by atoms with van der Waals surface area (Å²) in [4.78, 5) is 26.8. The first kappa shape index (κ1) is 18.7. The largest absolute Gasteiger partial charge is 0.492 e. The highest BCUT2D eigenvalue weighted by molar-refractivity contribution is 6.00. The summed E-state index contributed by atoms with van der Waals surface area (Å²) in [5.41, 5.74) is 0.925. The summed E-state index contributed by atoms with van der Waals surface area (Å²) in [6.07, 6.45) is 1.29. The van der Waals surface area contributed by atoms with Gasteiger partial charge in [0.25, 0.3) is 0 Å². The van der Waals surface area contributed by atoms with Crippen molar-refractivity contribution in [2.75, 3.05) is 23.8 Å². The number of benzene rings is 2. The molecule has 1 fully saturated rings. The monoisotopic (exact) mass is 371 g/mol. The summed E-state index contributed by atoms with van der Waals surface area (Å²) in [5, 5.41) is 5.50. The van der Waals surface area contributed by atoms with E-state index in [0.29, 0.717) is 36.7 Å². The second-order valence-electron chi connectivity index (χ2n) is 6.21. The van der Waals surface area contributed by atoms with E-state index in [1.807, 2.05) is 13.0 Å². The molecule has 0 saturated carbocycles. The van der Waals surface area contributed by atoms with Crippen LogP contribution >= 0.6 is 0 Å². The number of carbonyl (C=O) groups excluding carboxylic acids is 2. The Kier molecular flexibility index (Phi) is 5.90. The summed E-state index contributed by atoms with van der Waals surface area (Å²) in [5.74, 6) is -0.118. The highest BCUT2D eigenvalue weighted by atomic mass is 19.1. The van der Waals surface area contributed by atoms with Crippen LogP contribution in [0, 0.1) is 5.82 Å². The highest BCUT2D eigenvalue weighted by Crippen LogP contribution is 2.26. The number of hydrogen-bond donors (Lipinski definition) is 2. The van der Waals surface area contributed by atoms with Crippen LogP contribution in [0.5, 0.6) is 5.75 Å². The number of nitrogens with one attached hydrogen (secondary N) is 2. The Morgan fingerprint density at radius 3 is 2.78 bits per heavy atom. The molecule has 3 rings (SSSR count). The van der Waals surface area contributed by atoms with Crippen molar-refractivity contribution in [1.82, 2.24) is 4.90 Å². The molecule has 2 aromatic rings. The van der Waals surface area contributed by atoms with Crippen LogP contribution in [0.25, 0.3) is 0 Å². The first-order valence-corrected chi connectivity index (χ1v) is 8.94. The molecule has 7 heteroatoms. The fraction of sp³-hybridized carbons (Fsp3) is 0.300. The van der Waals surface area contributed by atoms with Crippen LogP contribution in [0.15, 0.2) is 48.5 Å². The van der Waals surface area contributed by atoms with Crippen molar-refractivity contribution in [3.05, 3.63) is 54.3 Å². The van der Waals surface area contributed by atoms with Gasteiger partial charge in [0.05, 0.1) is 12.3 Å². The Labute approximate surface area is 157 Å². The summed E-state index contributed by atoms with van der Waals surface area (Å²) in [6, 6.07) is 11.8. The van der Waals surface area contributed by atoms with Crippen LogP contribution in [-0.2, 0) is 4.79 Å². The van der Waals surface area contributed by atoms with Gasteiger partial charge in [-0.15, -0.1) is 0 Å². The van der Waals surface area contributed by atoms with Crippen LogP contribution in [0.1, 0.15) is 19.8 Å². The van der Waals surface area contributed by atoms with Gasteiger partial charge < -0.3 is 20.3 Å². The van der Waals surface area contributed by atoms with E-state index in [9.17, 15) is 14.0 Å². The SMILES string of the molecule is CCOc1ccccc1NC(=O)C1CCCN1C(=O)Nc1cccc(F)c1. The lowest BCUT2D eigenvalue weighted by Crippen LogP contribution is -2.45. The molecule has 0 bridgehead atoms. The number of urea groups is 1. The number of ether oxygens (including phenoxy) is 1. The molecule has 0 spiro atoms. The molecule has 1 unspecified atom stereocenters. The molecule has 1 aliphatic rings. The van der Waals surface area contributed by atoms with E-state index < -0.39 is 17.9 Å². The molecule has 2 N–H and O–H groups in total. The molecule has 1 aliphatic heterocycles. The molecule has 142 valence electrons. The number of para-hydroxylation sites is 2. The molecule has 0 aromatic heterocycles. The molecule has 3 amide bonds. The number of halogens is 1. The Hall–Kier alpha value is -3.09. The first-order valence-electron chi connectivity index (χ1n) is 8.94. The lowest BCUT2D eigenvalue weighted by Gasteiger charge is -2.24. The lowest BCUT2D eigenvalue weighted by molar-refractivity contribution is -0.119. The minimum absolute atomic E-state index is 0.269. The zero-order valence-electron chi connectivity index (χ0n) is 15.1. The van der Waals surface area contributed by atoms with Gasteiger partial charge in [0.1, 0.15) is 17.6 Å². The van der Waals surface area contributed by atoms with Gasteiger partial charge in [-0.2, -0.15) is 0 Å². The number of carbonyl (C=O) groups is 2. The van der Waals surface area contributed by atoms with Gasteiger partial charge in [0.15, 0.2) is 0 Å². The third kappa shape index (κ3) is 4.55. The van der Waals surface area contributed by atoms with Crippen molar-refractivity contribution in [3.63, 3.8) is 0 Å². The van der Waals surface area contributed by atoms with E-state index in [2.05, 4.69) is 10.6 Å². The number of likely N-dealkylation sites (tertiary alicyclic amines) is 1. The summed E-state index contributed by atoms with van der Waals surface area (Å²) in [6.45, 7) is 2.82. The van der Waals surface area contributed by atoms with Crippen molar-refractivity contribution in [2.45, 2.75) is 25.8 Å².